The Kier molecular flexibility index (Phi) is 17.6. The van der Waals surface area contributed by atoms with Crippen LogP contribution in [0.5, 0.6) is 0 Å². The Morgan fingerprint density at radius 3 is 2.37 bits per heavy atom. The molecule has 0 spiro atoms. The topological polar surface area (TPSA) is 415 Å². The van der Waals surface area contributed by atoms with Crippen molar-refractivity contribution >= 4 is 81.2 Å². The molecular formula is C32H39N7O19P3S-5. The fraction of sp³-hybridized carbons (Fsp3) is 0.469. The number of aliphatic carboxylic acids is 1. The minimum atomic E-state index is -5.95. The first-order chi connectivity index (χ1) is 28.9. The number of phosphoric ester groups is 3. The number of aromatic nitrogens is 4. The third kappa shape index (κ3) is 15.1. The predicted octanol–water partition coefficient (Wildman–Crippen LogP) is -3.64. The van der Waals surface area contributed by atoms with Gasteiger partial charge in [-0.1, -0.05) is 55.9 Å². The van der Waals surface area contributed by atoms with Gasteiger partial charge in [-0.25, -0.2) is 19.3 Å². The van der Waals surface area contributed by atoms with Crippen LogP contribution in [0.1, 0.15) is 38.5 Å². The molecule has 2 amide bonds. The van der Waals surface area contributed by atoms with E-state index in [-0.39, 0.29) is 47.8 Å². The van der Waals surface area contributed by atoms with Gasteiger partial charge >= 0.3 is 0 Å². The second-order valence-electron chi connectivity index (χ2n) is 13.7. The Labute approximate surface area is 355 Å². The smallest absolute Gasteiger partial charge is 0.274 e. The predicted molar refractivity (Wildman–Crippen MR) is 202 cm³/mol. The van der Waals surface area contributed by atoms with Crippen molar-refractivity contribution in [2.75, 3.05) is 37.8 Å². The summed E-state index contributed by atoms with van der Waals surface area (Å²) in [4.78, 5) is 108. The number of anilines is 1. The van der Waals surface area contributed by atoms with Crippen molar-refractivity contribution in [3.05, 3.63) is 54.1 Å². The van der Waals surface area contributed by atoms with Crippen molar-refractivity contribution in [1.82, 2.24) is 30.2 Å². The van der Waals surface area contributed by atoms with E-state index in [1.165, 1.54) is 6.08 Å². The number of carboxylic acids is 1. The van der Waals surface area contributed by atoms with Crippen LogP contribution in [0.25, 0.3) is 17.2 Å². The van der Waals surface area contributed by atoms with Gasteiger partial charge in [0.1, 0.15) is 36.3 Å². The number of phosphoric acid groups is 3. The lowest BCUT2D eigenvalue weighted by Gasteiger charge is -2.36. The third-order valence-corrected chi connectivity index (χ3v) is 12.4. The molecule has 1 aliphatic heterocycles. The Balaban J connectivity index is 1.21. The van der Waals surface area contributed by atoms with Gasteiger partial charge in [-0.05, 0) is 11.6 Å². The first kappa shape index (κ1) is 50.6. The lowest BCUT2D eigenvalue weighted by molar-refractivity contribution is -0.347. The number of aliphatic hydroxyl groups excluding tert-OH is 2. The van der Waals surface area contributed by atoms with Gasteiger partial charge in [0.05, 0.1) is 27.4 Å². The zero-order chi connectivity index (χ0) is 46.0. The van der Waals surface area contributed by atoms with Crippen molar-refractivity contribution < 1.29 is 90.4 Å². The molecular weight excluding hydrogens is 911 g/mol. The summed E-state index contributed by atoms with van der Waals surface area (Å²) in [6.45, 7) is -0.319. The van der Waals surface area contributed by atoms with E-state index in [1.807, 2.05) is 0 Å². The molecule has 30 heteroatoms. The van der Waals surface area contributed by atoms with Gasteiger partial charge in [0.2, 0.25) is 16.9 Å². The van der Waals surface area contributed by atoms with Crippen molar-refractivity contribution in [3.63, 3.8) is 0 Å². The Bertz CT molecular complexity index is 2260. The van der Waals surface area contributed by atoms with Crippen LogP contribution < -0.4 is 41.0 Å². The standard InChI is InChI=1S/C32H44N7O19P3S/c1-32(2,26(44)29(45)35-9-8-21(40)34-10-11-62-31(46)19(13-22(41)42)12-18-6-4-3-5-7-18)15-55-61(52,53)58-60(50,51)54-14-20-25(57-59(47,48)49)24(43)30(56-20)39-17-38-23-27(33)36-16-37-28(23)39/h3-7,12,16-17,20,24-26,30,43-44H,8-11,13-15H2,1-2H3,(H,34,40)(H,35,45)(H,41,42)(H,50,51)(H,52,53)(H2,33,36,37)(H2,47,48,49)/p-5/b19-12+/t20-,24-,25-,26+,30-/m1/s1. The molecule has 0 radical (unpaired) electrons. The van der Waals surface area contributed by atoms with Gasteiger partial charge in [-0.3, -0.25) is 28.1 Å². The molecule has 342 valence electrons. The lowest BCUT2D eigenvalue weighted by Crippen LogP contribution is -2.46. The van der Waals surface area contributed by atoms with E-state index < -0.39 is 102 Å². The summed E-state index contributed by atoms with van der Waals surface area (Å²) in [7, 11) is -17.7. The van der Waals surface area contributed by atoms with Gasteiger partial charge in [0, 0.05) is 48.6 Å². The number of carboxylic acid groups (broad SMARTS) is 1. The molecule has 0 saturated carbocycles. The summed E-state index contributed by atoms with van der Waals surface area (Å²) in [6.07, 6.45) is -7.05. The molecule has 2 unspecified atom stereocenters. The Morgan fingerprint density at radius 2 is 1.71 bits per heavy atom. The van der Waals surface area contributed by atoms with Gasteiger partial charge in [0.15, 0.2) is 17.7 Å². The van der Waals surface area contributed by atoms with Crippen LogP contribution >= 0.6 is 35.2 Å². The van der Waals surface area contributed by atoms with Crippen LogP contribution in [0.4, 0.5) is 5.82 Å². The molecule has 7 atom stereocenters. The molecule has 26 nitrogen and oxygen atoms in total. The van der Waals surface area contributed by atoms with Crippen molar-refractivity contribution in [3.8, 4) is 0 Å². The molecule has 1 aliphatic rings. The minimum Gasteiger partial charge on any atom is -0.790 e. The number of rotatable bonds is 23. The number of nitrogens with two attached hydrogens (primary N) is 1. The number of amides is 2. The van der Waals surface area contributed by atoms with Crippen LogP contribution in [0, 0.1) is 5.41 Å². The largest absolute Gasteiger partial charge is 0.790 e. The first-order valence-electron chi connectivity index (χ1n) is 17.8. The SMILES string of the molecule is CC(C)(COP(=O)([O-])OP(=O)([O-])OC[C@H]1O[C@@H](n2cnc3c(N)ncnc32)[C@H](O)[C@@H]1OP(=O)([O-])[O-])[C@@H](O)C(=O)NCCC(=O)NCCSC(=O)/C(=C/c1ccccc1)CC(=O)[O-]. The molecule has 6 N–H and O–H groups in total. The summed E-state index contributed by atoms with van der Waals surface area (Å²) >= 11 is 0.768. The van der Waals surface area contributed by atoms with Gasteiger partial charge in [-0.2, -0.15) is 0 Å². The molecule has 3 aromatic rings. The maximum atomic E-state index is 12.6. The highest BCUT2D eigenvalue weighted by Gasteiger charge is 2.47. The number of nitrogens with one attached hydrogen (secondary N) is 2. The number of benzene rings is 1. The normalized spacial score (nSPS) is 20.9. The van der Waals surface area contributed by atoms with E-state index in [4.69, 9.17) is 10.5 Å². The number of imidazole rings is 1. The molecule has 3 heterocycles. The second-order valence-corrected chi connectivity index (χ2v) is 18.9. The highest BCUT2D eigenvalue weighted by molar-refractivity contribution is 8.14. The monoisotopic (exact) mass is 950 g/mol. The first-order valence-corrected chi connectivity index (χ1v) is 23.2. The number of nitrogen functional groups attached to an aromatic ring is 1. The molecule has 4 rings (SSSR count). The quantitative estimate of drug-likeness (QED) is 0.0348. The van der Waals surface area contributed by atoms with Crippen molar-refractivity contribution in [2.45, 2.75) is 57.3 Å². The highest BCUT2D eigenvalue weighted by atomic mass is 32.2. The van der Waals surface area contributed by atoms with E-state index in [0.29, 0.717) is 5.56 Å². The zero-order valence-electron chi connectivity index (χ0n) is 32.4. The Hall–Kier alpha value is -4.01. The number of hydrogen-bond donors (Lipinski definition) is 5. The zero-order valence-corrected chi connectivity index (χ0v) is 35.9. The molecule has 1 fully saturated rings. The highest BCUT2D eigenvalue weighted by Crippen LogP contribution is 2.56. The van der Waals surface area contributed by atoms with E-state index in [9.17, 15) is 67.8 Å². The Morgan fingerprint density at radius 1 is 1.03 bits per heavy atom. The van der Waals surface area contributed by atoms with E-state index in [0.717, 1.165) is 42.8 Å². The fourth-order valence-electron chi connectivity index (χ4n) is 5.43. The molecule has 62 heavy (non-hydrogen) atoms. The molecule has 1 saturated heterocycles. The van der Waals surface area contributed by atoms with Gasteiger partial charge < -0.3 is 78.9 Å². The minimum absolute atomic E-state index is 0.00591. The number of aliphatic hydroxyl groups is 2. The molecule has 0 bridgehead atoms. The van der Waals surface area contributed by atoms with Crippen LogP contribution in [0.15, 0.2) is 48.6 Å². The number of ether oxygens (including phenoxy) is 1. The lowest BCUT2D eigenvalue weighted by atomic mass is 9.87. The number of thioether (sulfide) groups is 1. The van der Waals surface area contributed by atoms with Crippen LogP contribution in [-0.2, 0) is 55.5 Å². The maximum Gasteiger partial charge on any atom is 0.274 e. The van der Waals surface area contributed by atoms with Crippen LogP contribution in [-0.4, -0.2) is 109 Å². The van der Waals surface area contributed by atoms with E-state index >= 15 is 0 Å². The summed E-state index contributed by atoms with van der Waals surface area (Å²) < 4.78 is 60.6. The molecule has 1 aromatic carbocycles. The summed E-state index contributed by atoms with van der Waals surface area (Å²) in [5, 5.41) is 36.8. The summed E-state index contributed by atoms with van der Waals surface area (Å²) in [5.74, 6) is -3.11. The average Bonchev–Trinajstić information content (AvgIpc) is 3.74. The van der Waals surface area contributed by atoms with Gasteiger partial charge in [-0.15, -0.1) is 0 Å². The van der Waals surface area contributed by atoms with Crippen molar-refractivity contribution in [1.29, 1.82) is 0 Å². The third-order valence-electron chi connectivity index (χ3n) is 8.45. The number of fused-ring (bicyclic) bond motifs is 1. The van der Waals surface area contributed by atoms with Crippen LogP contribution in [0.2, 0.25) is 0 Å². The number of carbonyl (C=O) groups excluding carboxylic acids is 4. The number of carbonyl (C=O) groups is 4. The number of hydrogen-bond acceptors (Lipinski definition) is 24. The van der Waals surface area contributed by atoms with Gasteiger partial charge in [0.25, 0.3) is 15.6 Å². The molecule has 0 aliphatic carbocycles. The van der Waals surface area contributed by atoms with E-state index in [2.05, 4.69) is 43.5 Å². The van der Waals surface area contributed by atoms with Crippen LogP contribution in [0.3, 0.4) is 0 Å². The summed E-state index contributed by atoms with van der Waals surface area (Å²) in [5.41, 5.74) is 4.58. The number of nitrogens with zero attached hydrogens (tertiary/aromatic N) is 4. The maximum absolute atomic E-state index is 12.6. The second kappa shape index (κ2) is 21.6. The van der Waals surface area contributed by atoms with Crippen molar-refractivity contribution in [2.24, 2.45) is 5.41 Å². The average molecular weight is 951 g/mol. The summed E-state index contributed by atoms with van der Waals surface area (Å²) in [6, 6.07) is 8.53. The van der Waals surface area contributed by atoms with E-state index in [1.54, 1.807) is 30.3 Å². The molecule has 2 aromatic heterocycles. The fourth-order valence-corrected chi connectivity index (χ4v) is 8.87.